The van der Waals surface area contributed by atoms with E-state index in [9.17, 15) is 4.79 Å². The summed E-state index contributed by atoms with van der Waals surface area (Å²) in [5.74, 6) is 1.52. The van der Waals surface area contributed by atoms with Gasteiger partial charge < -0.3 is 9.64 Å². The summed E-state index contributed by atoms with van der Waals surface area (Å²) in [6, 6.07) is 16.4. The van der Waals surface area contributed by atoms with Gasteiger partial charge in [0.05, 0.1) is 20.2 Å². The molecule has 0 spiro atoms. The van der Waals surface area contributed by atoms with E-state index in [2.05, 4.69) is 35.0 Å². The molecule has 1 aliphatic rings. The summed E-state index contributed by atoms with van der Waals surface area (Å²) >= 11 is 3.42. The minimum Gasteiger partial charge on any atom is -0.497 e. The molecule has 1 aliphatic carbocycles. The van der Waals surface area contributed by atoms with Gasteiger partial charge in [-0.05, 0) is 52.9 Å². The lowest BCUT2D eigenvalue weighted by atomic mass is 10.1. The Morgan fingerprint density at radius 1 is 1.08 bits per heavy atom. The summed E-state index contributed by atoms with van der Waals surface area (Å²) in [7, 11) is 1.68. The van der Waals surface area contributed by atoms with Crippen LogP contribution in [0.1, 0.15) is 27.7 Å². The van der Waals surface area contributed by atoms with Crippen LogP contribution in [0.2, 0.25) is 0 Å². The lowest BCUT2D eigenvalue weighted by Gasteiger charge is -2.22. The summed E-state index contributed by atoms with van der Waals surface area (Å²) in [6.07, 6.45) is 0.928. The number of rotatable bonds is 7. The van der Waals surface area contributed by atoms with Crippen molar-refractivity contribution in [2.45, 2.75) is 25.4 Å². The molecular weight excluding hydrogens is 362 g/mol. The lowest BCUT2D eigenvalue weighted by Crippen LogP contribution is -2.31. The SMILES string of the molecule is COc1cccc(C2CC2C(=O)N(Cc2cccs2)Cc2cccs2)c1. The van der Waals surface area contributed by atoms with Crippen LogP contribution in [0.5, 0.6) is 5.75 Å². The van der Waals surface area contributed by atoms with Crippen LogP contribution in [0.15, 0.2) is 59.3 Å². The molecular formula is C21H21NO2S2. The summed E-state index contributed by atoms with van der Waals surface area (Å²) in [5, 5.41) is 4.14. The van der Waals surface area contributed by atoms with Gasteiger partial charge in [0.15, 0.2) is 0 Å². The number of thiophene rings is 2. The molecule has 2 atom stereocenters. The van der Waals surface area contributed by atoms with Gasteiger partial charge in [0.1, 0.15) is 5.75 Å². The molecule has 1 fully saturated rings. The fraction of sp³-hybridized carbons (Fsp3) is 0.286. The average molecular weight is 384 g/mol. The third-order valence-corrected chi connectivity index (χ3v) is 6.52. The van der Waals surface area contributed by atoms with Crippen LogP contribution in [-0.2, 0) is 17.9 Å². The monoisotopic (exact) mass is 383 g/mol. The molecule has 0 N–H and O–H groups in total. The second kappa shape index (κ2) is 7.64. The molecule has 26 heavy (non-hydrogen) atoms. The van der Waals surface area contributed by atoms with Gasteiger partial charge in [0.2, 0.25) is 5.91 Å². The maximum absolute atomic E-state index is 13.2. The summed E-state index contributed by atoms with van der Waals surface area (Å²) in [5.41, 5.74) is 1.20. The van der Waals surface area contributed by atoms with Crippen molar-refractivity contribution >= 4 is 28.6 Å². The number of carbonyl (C=O) groups is 1. The molecule has 0 saturated heterocycles. The second-order valence-corrected chi connectivity index (χ2v) is 8.64. The Morgan fingerprint density at radius 3 is 2.35 bits per heavy atom. The van der Waals surface area contributed by atoms with Crippen LogP contribution in [0.25, 0.3) is 0 Å². The maximum atomic E-state index is 13.2. The Labute approximate surface area is 161 Å². The maximum Gasteiger partial charge on any atom is 0.226 e. The zero-order valence-electron chi connectivity index (χ0n) is 14.6. The number of hydrogen-bond donors (Lipinski definition) is 0. The van der Waals surface area contributed by atoms with Crippen molar-refractivity contribution in [2.75, 3.05) is 7.11 Å². The highest BCUT2D eigenvalue weighted by atomic mass is 32.1. The topological polar surface area (TPSA) is 29.5 Å². The Kier molecular flexibility index (Phi) is 5.09. The molecule has 1 amide bonds. The molecule has 0 aliphatic heterocycles. The smallest absolute Gasteiger partial charge is 0.226 e. The molecule has 1 saturated carbocycles. The first-order chi connectivity index (χ1) is 12.7. The predicted octanol–water partition coefficient (Wildman–Crippen LogP) is 5.15. The van der Waals surface area contributed by atoms with E-state index in [0.717, 1.165) is 12.2 Å². The van der Waals surface area contributed by atoms with Crippen LogP contribution in [0.3, 0.4) is 0 Å². The van der Waals surface area contributed by atoms with Crippen LogP contribution in [-0.4, -0.2) is 17.9 Å². The van der Waals surface area contributed by atoms with E-state index in [1.54, 1.807) is 29.8 Å². The zero-order chi connectivity index (χ0) is 17.9. The highest BCUT2D eigenvalue weighted by Crippen LogP contribution is 2.49. The van der Waals surface area contributed by atoms with Gasteiger partial charge in [-0.2, -0.15) is 0 Å². The first-order valence-corrected chi connectivity index (χ1v) is 10.5. The van der Waals surface area contributed by atoms with Crippen LogP contribution < -0.4 is 4.74 Å². The van der Waals surface area contributed by atoms with Gasteiger partial charge in [-0.1, -0.05) is 24.3 Å². The van der Waals surface area contributed by atoms with E-state index in [1.165, 1.54) is 15.3 Å². The van der Waals surface area contributed by atoms with E-state index in [1.807, 2.05) is 29.2 Å². The third kappa shape index (κ3) is 3.84. The van der Waals surface area contributed by atoms with E-state index in [4.69, 9.17) is 4.74 Å². The Hall–Kier alpha value is -2.11. The molecule has 2 aromatic heterocycles. The zero-order valence-corrected chi connectivity index (χ0v) is 16.3. The van der Waals surface area contributed by atoms with E-state index < -0.39 is 0 Å². The van der Waals surface area contributed by atoms with E-state index in [-0.39, 0.29) is 11.8 Å². The molecule has 3 aromatic rings. The highest BCUT2D eigenvalue weighted by Gasteiger charge is 2.45. The normalized spacial score (nSPS) is 18.5. The molecule has 0 bridgehead atoms. The van der Waals surface area contributed by atoms with Crippen molar-refractivity contribution in [1.29, 1.82) is 0 Å². The van der Waals surface area contributed by atoms with Gasteiger partial charge >= 0.3 is 0 Å². The summed E-state index contributed by atoms with van der Waals surface area (Å²) < 4.78 is 5.32. The lowest BCUT2D eigenvalue weighted by molar-refractivity contribution is -0.133. The van der Waals surface area contributed by atoms with Crippen molar-refractivity contribution in [3.05, 3.63) is 74.6 Å². The first-order valence-electron chi connectivity index (χ1n) is 8.72. The summed E-state index contributed by atoms with van der Waals surface area (Å²) in [4.78, 5) is 17.7. The van der Waals surface area contributed by atoms with Crippen molar-refractivity contribution < 1.29 is 9.53 Å². The van der Waals surface area contributed by atoms with Gasteiger partial charge in [0.25, 0.3) is 0 Å². The fourth-order valence-electron chi connectivity index (χ4n) is 3.34. The average Bonchev–Trinajstić information content (AvgIpc) is 3.04. The van der Waals surface area contributed by atoms with Crippen LogP contribution in [0.4, 0.5) is 0 Å². The molecule has 1 aromatic carbocycles. The van der Waals surface area contributed by atoms with Crippen molar-refractivity contribution in [2.24, 2.45) is 5.92 Å². The number of benzene rings is 1. The van der Waals surface area contributed by atoms with Gasteiger partial charge in [-0.15, -0.1) is 22.7 Å². The molecule has 2 heterocycles. The molecule has 4 rings (SSSR count). The number of hydrogen-bond acceptors (Lipinski definition) is 4. The van der Waals surface area contributed by atoms with E-state index in [0.29, 0.717) is 19.0 Å². The molecule has 3 nitrogen and oxygen atoms in total. The fourth-order valence-corrected chi connectivity index (χ4v) is 4.77. The second-order valence-electron chi connectivity index (χ2n) is 6.58. The molecule has 0 radical (unpaired) electrons. The number of methoxy groups -OCH3 is 1. The third-order valence-electron chi connectivity index (χ3n) is 4.79. The highest BCUT2D eigenvalue weighted by molar-refractivity contribution is 7.10. The van der Waals surface area contributed by atoms with Crippen molar-refractivity contribution in [3.63, 3.8) is 0 Å². The van der Waals surface area contributed by atoms with E-state index >= 15 is 0 Å². The van der Waals surface area contributed by atoms with Crippen molar-refractivity contribution in [3.8, 4) is 5.75 Å². The van der Waals surface area contributed by atoms with Crippen LogP contribution in [0, 0.1) is 5.92 Å². The van der Waals surface area contributed by atoms with Gasteiger partial charge in [-0.25, -0.2) is 0 Å². The quantitative estimate of drug-likeness (QED) is 0.565. The standard InChI is InChI=1S/C21H21NO2S2/c1-24-16-6-2-5-15(11-16)19-12-20(19)21(23)22(13-17-7-3-9-25-17)14-18-8-4-10-26-18/h2-11,19-20H,12-14H2,1H3. The number of nitrogens with zero attached hydrogens (tertiary/aromatic N) is 1. The molecule has 5 heteroatoms. The summed E-state index contributed by atoms with van der Waals surface area (Å²) in [6.45, 7) is 1.38. The first kappa shape index (κ1) is 17.3. The number of ether oxygens (including phenoxy) is 1. The predicted molar refractivity (Wildman–Crippen MR) is 107 cm³/mol. The van der Waals surface area contributed by atoms with Gasteiger partial charge in [0, 0.05) is 15.7 Å². The Balaban J connectivity index is 1.49. The van der Waals surface area contributed by atoms with Crippen molar-refractivity contribution in [1.82, 2.24) is 4.90 Å². The Morgan fingerprint density at radius 2 is 1.77 bits per heavy atom. The number of amides is 1. The van der Waals surface area contributed by atoms with Crippen LogP contribution >= 0.6 is 22.7 Å². The minimum atomic E-state index is 0.0852. The largest absolute Gasteiger partial charge is 0.497 e. The minimum absolute atomic E-state index is 0.0852. The Bertz CT molecular complexity index is 822. The molecule has 2 unspecified atom stereocenters. The number of carbonyl (C=O) groups excluding carboxylic acids is 1. The molecule has 134 valence electrons. The van der Waals surface area contributed by atoms with Gasteiger partial charge in [-0.3, -0.25) is 4.79 Å².